The van der Waals surface area contributed by atoms with Crippen molar-refractivity contribution in [1.82, 2.24) is 15.5 Å². The number of carbonyl (C=O) groups is 1. The van der Waals surface area contributed by atoms with E-state index in [1.54, 1.807) is 0 Å². The van der Waals surface area contributed by atoms with Crippen molar-refractivity contribution in [3.8, 4) is 0 Å². The van der Waals surface area contributed by atoms with Gasteiger partial charge in [0.2, 0.25) is 0 Å². The molecular formula is C14H13F2N3O. The topological polar surface area (TPSA) is 57.8 Å². The van der Waals surface area contributed by atoms with E-state index >= 15 is 0 Å². The lowest BCUT2D eigenvalue weighted by atomic mass is 10.0. The number of amides is 1. The summed E-state index contributed by atoms with van der Waals surface area (Å²) in [6, 6.07) is 4.32. The summed E-state index contributed by atoms with van der Waals surface area (Å²) in [6.07, 6.45) is 3.25. The summed E-state index contributed by atoms with van der Waals surface area (Å²) in [5, 5.41) is 8.99. The summed E-state index contributed by atoms with van der Waals surface area (Å²) in [7, 11) is 0. The van der Waals surface area contributed by atoms with Gasteiger partial charge in [0.05, 0.1) is 6.04 Å². The van der Waals surface area contributed by atoms with E-state index in [4.69, 9.17) is 0 Å². The number of nitrogens with zero attached hydrogens (tertiary/aromatic N) is 1. The number of H-pyrrole nitrogens is 1. The Bertz CT molecular complexity index is 623. The predicted octanol–water partition coefficient (Wildman–Crippen LogP) is 2.57. The molecule has 1 atom stereocenters. The summed E-state index contributed by atoms with van der Waals surface area (Å²) >= 11 is 0. The number of carbonyl (C=O) groups excluding carboxylic acids is 1. The van der Waals surface area contributed by atoms with Crippen molar-refractivity contribution in [1.29, 1.82) is 0 Å². The monoisotopic (exact) mass is 277 g/mol. The van der Waals surface area contributed by atoms with Crippen molar-refractivity contribution < 1.29 is 13.6 Å². The average molecular weight is 277 g/mol. The van der Waals surface area contributed by atoms with E-state index in [0.29, 0.717) is 5.69 Å². The molecule has 0 bridgehead atoms. The molecule has 2 N–H and O–H groups in total. The highest BCUT2D eigenvalue weighted by atomic mass is 19.1. The van der Waals surface area contributed by atoms with Crippen LogP contribution in [0.15, 0.2) is 30.5 Å². The number of aromatic amines is 1. The zero-order chi connectivity index (χ0) is 14.1. The largest absolute Gasteiger partial charge is 0.344 e. The first-order valence-electron chi connectivity index (χ1n) is 6.40. The van der Waals surface area contributed by atoms with Gasteiger partial charge in [-0.25, -0.2) is 8.78 Å². The Labute approximate surface area is 114 Å². The molecule has 0 unspecified atom stereocenters. The van der Waals surface area contributed by atoms with Gasteiger partial charge in [-0.15, -0.1) is 0 Å². The molecule has 6 heteroatoms. The minimum Gasteiger partial charge on any atom is -0.344 e. The van der Waals surface area contributed by atoms with E-state index in [9.17, 15) is 13.6 Å². The molecule has 104 valence electrons. The second-order valence-corrected chi connectivity index (χ2v) is 4.92. The molecule has 20 heavy (non-hydrogen) atoms. The van der Waals surface area contributed by atoms with Crippen molar-refractivity contribution in [3.63, 3.8) is 0 Å². The molecule has 1 fully saturated rings. The molecule has 0 aliphatic heterocycles. The van der Waals surface area contributed by atoms with Crippen molar-refractivity contribution in [2.45, 2.75) is 18.9 Å². The fourth-order valence-electron chi connectivity index (χ4n) is 2.23. The molecule has 1 aliphatic rings. The SMILES string of the molecule is O=C(N[C@@H](c1cc(F)ccc1F)C1CC1)c1ccn[nH]1. The zero-order valence-electron chi connectivity index (χ0n) is 10.6. The van der Waals surface area contributed by atoms with Crippen LogP contribution in [0.25, 0.3) is 0 Å². The van der Waals surface area contributed by atoms with Crippen LogP contribution in [-0.4, -0.2) is 16.1 Å². The van der Waals surface area contributed by atoms with Gasteiger partial charge in [-0.3, -0.25) is 9.89 Å². The molecule has 1 amide bonds. The Kier molecular flexibility index (Phi) is 3.22. The number of hydrogen-bond donors (Lipinski definition) is 2. The maximum atomic E-state index is 13.9. The Morgan fingerprint density at radius 3 is 2.80 bits per heavy atom. The molecule has 2 aromatic rings. The van der Waals surface area contributed by atoms with Gasteiger partial charge in [0.15, 0.2) is 0 Å². The van der Waals surface area contributed by atoms with Crippen LogP contribution in [0.2, 0.25) is 0 Å². The van der Waals surface area contributed by atoms with Crippen LogP contribution >= 0.6 is 0 Å². The second kappa shape index (κ2) is 5.03. The summed E-state index contributed by atoms with van der Waals surface area (Å²) in [6.45, 7) is 0. The third-order valence-electron chi connectivity index (χ3n) is 3.42. The van der Waals surface area contributed by atoms with Gasteiger partial charge in [0.1, 0.15) is 17.3 Å². The quantitative estimate of drug-likeness (QED) is 0.902. The van der Waals surface area contributed by atoms with Crippen LogP contribution in [0, 0.1) is 17.6 Å². The van der Waals surface area contributed by atoms with E-state index in [0.717, 1.165) is 31.0 Å². The van der Waals surface area contributed by atoms with E-state index in [1.165, 1.54) is 12.3 Å². The summed E-state index contributed by atoms with van der Waals surface area (Å²) in [4.78, 5) is 12.0. The first-order valence-corrected chi connectivity index (χ1v) is 6.40. The van der Waals surface area contributed by atoms with Gasteiger partial charge in [-0.05, 0) is 43.0 Å². The van der Waals surface area contributed by atoms with Crippen LogP contribution in [0.1, 0.15) is 34.9 Å². The van der Waals surface area contributed by atoms with E-state index < -0.39 is 17.7 Å². The number of aromatic nitrogens is 2. The lowest BCUT2D eigenvalue weighted by molar-refractivity contribution is 0.0925. The van der Waals surface area contributed by atoms with Crippen molar-refractivity contribution >= 4 is 5.91 Å². The van der Waals surface area contributed by atoms with Crippen LogP contribution in [0.4, 0.5) is 8.78 Å². The third-order valence-corrected chi connectivity index (χ3v) is 3.42. The summed E-state index contributed by atoms with van der Waals surface area (Å²) in [5.74, 6) is -1.24. The first kappa shape index (κ1) is 12.8. The molecule has 1 heterocycles. The number of benzene rings is 1. The Morgan fingerprint density at radius 1 is 1.35 bits per heavy atom. The third kappa shape index (κ3) is 2.54. The second-order valence-electron chi connectivity index (χ2n) is 4.92. The lowest BCUT2D eigenvalue weighted by Gasteiger charge is -2.19. The van der Waals surface area contributed by atoms with Crippen LogP contribution in [-0.2, 0) is 0 Å². The first-order chi connectivity index (χ1) is 9.65. The van der Waals surface area contributed by atoms with Crippen LogP contribution in [0.5, 0.6) is 0 Å². The van der Waals surface area contributed by atoms with Crippen molar-refractivity contribution in [2.75, 3.05) is 0 Å². The smallest absolute Gasteiger partial charge is 0.269 e. The highest BCUT2D eigenvalue weighted by Crippen LogP contribution is 2.42. The van der Waals surface area contributed by atoms with Crippen molar-refractivity contribution in [3.05, 3.63) is 53.4 Å². The molecule has 0 radical (unpaired) electrons. The summed E-state index contributed by atoms with van der Waals surface area (Å²) < 4.78 is 27.2. The maximum absolute atomic E-state index is 13.9. The Morgan fingerprint density at radius 2 is 2.15 bits per heavy atom. The molecule has 0 spiro atoms. The average Bonchev–Trinajstić information content (AvgIpc) is 3.12. The number of hydrogen-bond acceptors (Lipinski definition) is 2. The fraction of sp³-hybridized carbons (Fsp3) is 0.286. The molecule has 1 aromatic carbocycles. The molecule has 1 aliphatic carbocycles. The normalized spacial score (nSPS) is 15.9. The standard InChI is InChI=1S/C14H13F2N3O/c15-9-3-4-11(16)10(7-9)13(8-1-2-8)18-14(20)12-5-6-17-19-12/h3-8,13H,1-2H2,(H,17,19)(H,18,20)/t13-/m1/s1. The Balaban J connectivity index is 1.86. The minimum absolute atomic E-state index is 0.151. The molecule has 1 saturated carbocycles. The highest BCUT2D eigenvalue weighted by Gasteiger charge is 2.35. The van der Waals surface area contributed by atoms with Crippen LogP contribution in [0.3, 0.4) is 0 Å². The molecule has 0 saturated heterocycles. The van der Waals surface area contributed by atoms with E-state index in [2.05, 4.69) is 15.5 Å². The molecule has 3 rings (SSSR count). The van der Waals surface area contributed by atoms with E-state index in [-0.39, 0.29) is 17.4 Å². The number of halogens is 2. The fourth-order valence-corrected chi connectivity index (χ4v) is 2.23. The predicted molar refractivity (Wildman–Crippen MR) is 67.9 cm³/mol. The lowest BCUT2D eigenvalue weighted by Crippen LogP contribution is -2.30. The summed E-state index contributed by atoms with van der Waals surface area (Å²) in [5.41, 5.74) is 0.493. The van der Waals surface area contributed by atoms with Gasteiger partial charge < -0.3 is 5.32 Å². The van der Waals surface area contributed by atoms with Gasteiger partial charge in [0.25, 0.3) is 5.91 Å². The van der Waals surface area contributed by atoms with Gasteiger partial charge in [-0.1, -0.05) is 0 Å². The number of rotatable bonds is 4. The van der Waals surface area contributed by atoms with E-state index in [1.807, 2.05) is 0 Å². The molecule has 4 nitrogen and oxygen atoms in total. The molecular weight excluding hydrogens is 264 g/mol. The van der Waals surface area contributed by atoms with Crippen LogP contribution < -0.4 is 5.32 Å². The number of nitrogens with one attached hydrogen (secondary N) is 2. The van der Waals surface area contributed by atoms with Crippen molar-refractivity contribution in [2.24, 2.45) is 5.92 Å². The van der Waals surface area contributed by atoms with Gasteiger partial charge in [-0.2, -0.15) is 5.10 Å². The Hall–Kier alpha value is -2.24. The minimum atomic E-state index is -0.513. The zero-order valence-corrected chi connectivity index (χ0v) is 10.6. The van der Waals surface area contributed by atoms with Gasteiger partial charge in [0, 0.05) is 11.8 Å². The highest BCUT2D eigenvalue weighted by molar-refractivity contribution is 5.92. The maximum Gasteiger partial charge on any atom is 0.269 e. The van der Waals surface area contributed by atoms with Gasteiger partial charge >= 0.3 is 0 Å². The molecule has 1 aromatic heterocycles.